The predicted molar refractivity (Wildman–Crippen MR) is 112 cm³/mol. The van der Waals surface area contributed by atoms with Crippen LogP contribution in [-0.4, -0.2) is 28.6 Å². The molecule has 0 heterocycles. The van der Waals surface area contributed by atoms with E-state index >= 15 is 0 Å². The number of halogens is 1. The lowest BCUT2D eigenvalue weighted by Gasteiger charge is -2.26. The highest BCUT2D eigenvalue weighted by Gasteiger charge is 2.39. The van der Waals surface area contributed by atoms with Crippen molar-refractivity contribution in [2.75, 3.05) is 19.8 Å². The normalized spacial score (nSPS) is 12.4. The summed E-state index contributed by atoms with van der Waals surface area (Å²) < 4.78 is 18.0. The van der Waals surface area contributed by atoms with Gasteiger partial charge in [0.05, 0.1) is 0 Å². The van der Waals surface area contributed by atoms with Crippen LogP contribution in [0.5, 0.6) is 0 Å². The number of benzene rings is 2. The Hall–Kier alpha value is -1.08. The van der Waals surface area contributed by atoms with E-state index in [1.165, 1.54) is 0 Å². The molecule has 140 valence electrons. The Morgan fingerprint density at radius 3 is 1.92 bits per heavy atom. The van der Waals surface area contributed by atoms with Gasteiger partial charge in [-0.25, -0.2) is 0 Å². The van der Waals surface area contributed by atoms with Crippen LogP contribution in [0.15, 0.2) is 65.2 Å². The van der Waals surface area contributed by atoms with E-state index in [-0.39, 0.29) is 0 Å². The van der Waals surface area contributed by atoms with E-state index in [2.05, 4.69) is 17.8 Å². The summed E-state index contributed by atoms with van der Waals surface area (Å²) in [6, 6.07) is 18.0. The van der Waals surface area contributed by atoms with Gasteiger partial charge >= 0.3 is 8.80 Å². The number of hydrogen-bond donors (Lipinski definition) is 0. The highest BCUT2D eigenvalue weighted by Crippen LogP contribution is 2.36. The van der Waals surface area contributed by atoms with Crippen molar-refractivity contribution < 1.29 is 13.3 Å². The Bertz CT molecular complexity index is 675. The fourth-order valence-electron chi connectivity index (χ4n) is 2.42. The van der Waals surface area contributed by atoms with Gasteiger partial charge in [0.15, 0.2) is 0 Å². The smallest absolute Gasteiger partial charge is 0.371 e. The summed E-state index contributed by atoms with van der Waals surface area (Å²) in [7, 11) is -2.92. The highest BCUT2D eigenvalue weighted by atomic mass is 35.5. The van der Waals surface area contributed by atoms with Crippen molar-refractivity contribution in [2.45, 2.75) is 25.7 Å². The zero-order valence-corrected chi connectivity index (χ0v) is 18.0. The van der Waals surface area contributed by atoms with Gasteiger partial charge in [0.2, 0.25) is 0 Å². The minimum Gasteiger partial charge on any atom is -0.371 e. The van der Waals surface area contributed by atoms with E-state index in [4.69, 9.17) is 24.9 Å². The van der Waals surface area contributed by atoms with Crippen LogP contribution in [0.1, 0.15) is 26.3 Å². The van der Waals surface area contributed by atoms with Gasteiger partial charge < -0.3 is 13.3 Å². The molecule has 2 aromatic carbocycles. The van der Waals surface area contributed by atoms with Crippen LogP contribution in [0.25, 0.3) is 4.91 Å². The molecular formula is C20H25ClO3SSi. The topological polar surface area (TPSA) is 27.7 Å². The van der Waals surface area contributed by atoms with Crippen molar-refractivity contribution in [2.24, 2.45) is 0 Å². The third kappa shape index (κ3) is 6.27. The van der Waals surface area contributed by atoms with E-state index in [1.54, 1.807) is 11.8 Å². The molecule has 0 N–H and O–H groups in total. The van der Waals surface area contributed by atoms with Crippen molar-refractivity contribution in [1.82, 2.24) is 0 Å². The summed E-state index contributed by atoms with van der Waals surface area (Å²) in [5.41, 5.74) is 3.15. The van der Waals surface area contributed by atoms with Crippen molar-refractivity contribution in [3.05, 3.63) is 70.9 Å². The van der Waals surface area contributed by atoms with E-state index in [1.807, 2.05) is 63.2 Å². The molecule has 0 unspecified atom stereocenters. The van der Waals surface area contributed by atoms with Crippen molar-refractivity contribution in [3.63, 3.8) is 0 Å². The summed E-state index contributed by atoms with van der Waals surface area (Å²) in [6.07, 6.45) is 0. The van der Waals surface area contributed by atoms with Gasteiger partial charge in [-0.15, -0.1) is 0 Å². The summed E-state index contributed by atoms with van der Waals surface area (Å²) >= 11 is 7.67. The Labute approximate surface area is 166 Å². The van der Waals surface area contributed by atoms with Crippen LogP contribution >= 0.6 is 23.4 Å². The first-order valence-electron chi connectivity index (χ1n) is 8.76. The lowest BCUT2D eigenvalue weighted by Crippen LogP contribution is -2.44. The molecule has 0 aliphatic rings. The minimum atomic E-state index is -2.92. The fraction of sp³-hybridized carbons (Fsp3) is 0.300. The van der Waals surface area contributed by atoms with Crippen molar-refractivity contribution in [3.8, 4) is 0 Å². The molecule has 3 nitrogen and oxygen atoms in total. The van der Waals surface area contributed by atoms with Crippen molar-refractivity contribution >= 4 is 37.1 Å². The average Bonchev–Trinajstić information content (AvgIpc) is 2.64. The SMILES string of the molecule is CCO[Si](/C=C(/Sc1ccc(Cl)cc1)c1ccccc1)(OCC)OCC. The zero-order chi connectivity index (χ0) is 18.8. The molecule has 0 spiro atoms. The van der Waals surface area contributed by atoms with Crippen LogP contribution in [0.3, 0.4) is 0 Å². The van der Waals surface area contributed by atoms with Gasteiger partial charge in [-0.05, 0) is 50.6 Å². The highest BCUT2D eigenvalue weighted by molar-refractivity contribution is 8.08. The molecule has 6 heteroatoms. The van der Waals surface area contributed by atoms with Gasteiger partial charge in [-0.1, -0.05) is 53.7 Å². The molecule has 26 heavy (non-hydrogen) atoms. The maximum atomic E-state index is 6.02. The molecule has 0 aliphatic carbocycles. The van der Waals surface area contributed by atoms with Gasteiger partial charge in [0, 0.05) is 40.3 Å². The van der Waals surface area contributed by atoms with Gasteiger partial charge in [-0.2, -0.15) is 0 Å². The Morgan fingerprint density at radius 2 is 1.42 bits per heavy atom. The van der Waals surface area contributed by atoms with Crippen LogP contribution in [0.2, 0.25) is 5.02 Å². The zero-order valence-electron chi connectivity index (χ0n) is 15.4. The Balaban J connectivity index is 2.45. The molecule has 0 bridgehead atoms. The first kappa shape index (κ1) is 21.2. The van der Waals surface area contributed by atoms with E-state index in [0.717, 1.165) is 20.4 Å². The summed E-state index contributed by atoms with van der Waals surface area (Å²) in [4.78, 5) is 2.15. The second kappa shape index (κ2) is 10.9. The maximum absolute atomic E-state index is 6.02. The van der Waals surface area contributed by atoms with Crippen LogP contribution in [0.4, 0.5) is 0 Å². The molecule has 0 saturated carbocycles. The third-order valence-electron chi connectivity index (χ3n) is 3.44. The van der Waals surface area contributed by atoms with E-state index in [9.17, 15) is 0 Å². The fourth-order valence-corrected chi connectivity index (χ4v) is 6.19. The second-order valence-corrected chi connectivity index (χ2v) is 9.25. The summed E-state index contributed by atoms with van der Waals surface area (Å²) in [5, 5.41) is 0.723. The van der Waals surface area contributed by atoms with Gasteiger partial charge in [0.25, 0.3) is 0 Å². The molecule has 2 aromatic rings. The third-order valence-corrected chi connectivity index (χ3v) is 7.70. The Morgan fingerprint density at radius 1 is 0.885 bits per heavy atom. The van der Waals surface area contributed by atoms with E-state index in [0.29, 0.717) is 19.8 Å². The second-order valence-electron chi connectivity index (χ2n) is 5.33. The van der Waals surface area contributed by atoms with Gasteiger partial charge in [0.1, 0.15) is 0 Å². The van der Waals surface area contributed by atoms with E-state index < -0.39 is 8.80 Å². The quantitative estimate of drug-likeness (QED) is 0.352. The van der Waals surface area contributed by atoms with Gasteiger partial charge in [-0.3, -0.25) is 0 Å². The summed E-state index contributed by atoms with van der Waals surface area (Å²) in [6.45, 7) is 7.50. The molecule has 2 rings (SSSR count). The molecule has 0 amide bonds. The molecule has 0 radical (unpaired) electrons. The molecule has 0 atom stereocenters. The van der Waals surface area contributed by atoms with Crippen LogP contribution < -0.4 is 0 Å². The average molecular weight is 409 g/mol. The summed E-state index contributed by atoms with van der Waals surface area (Å²) in [5.74, 6) is 0. The Kier molecular flexibility index (Phi) is 8.91. The predicted octanol–water partition coefficient (Wildman–Crippen LogP) is 6.06. The number of thioether (sulfide) groups is 1. The largest absolute Gasteiger partial charge is 0.530 e. The number of hydrogen-bond acceptors (Lipinski definition) is 4. The first-order valence-corrected chi connectivity index (χ1v) is 11.8. The molecule has 0 aromatic heterocycles. The monoisotopic (exact) mass is 408 g/mol. The van der Waals surface area contributed by atoms with Crippen LogP contribution in [0, 0.1) is 0 Å². The lowest BCUT2D eigenvalue weighted by atomic mass is 10.2. The molecular weight excluding hydrogens is 384 g/mol. The standard InChI is InChI=1S/C20H25ClO3SSi/c1-4-22-26(23-5-2,24-6-3)16-20(17-10-8-7-9-11-17)25-19-14-12-18(21)13-15-19/h7-16H,4-6H2,1-3H3/b20-16+. The molecule has 0 aliphatic heterocycles. The molecule has 0 fully saturated rings. The lowest BCUT2D eigenvalue weighted by molar-refractivity contribution is 0.0845. The maximum Gasteiger partial charge on any atom is 0.530 e. The minimum absolute atomic E-state index is 0.538. The van der Waals surface area contributed by atoms with Crippen LogP contribution in [-0.2, 0) is 13.3 Å². The first-order chi connectivity index (χ1) is 12.6. The molecule has 0 saturated heterocycles. The van der Waals surface area contributed by atoms with Crippen molar-refractivity contribution in [1.29, 1.82) is 0 Å². The number of rotatable bonds is 10.